The molecule has 1 saturated heterocycles. The van der Waals surface area contributed by atoms with Crippen LogP contribution in [0.3, 0.4) is 0 Å². The van der Waals surface area contributed by atoms with Crippen LogP contribution in [0.5, 0.6) is 0 Å². The van der Waals surface area contributed by atoms with E-state index < -0.39 is 9.84 Å². The molecule has 3 nitrogen and oxygen atoms in total. The van der Waals surface area contributed by atoms with Crippen molar-refractivity contribution in [2.45, 2.75) is 31.7 Å². The highest BCUT2D eigenvalue weighted by Gasteiger charge is 2.29. The fraction of sp³-hybridized carbons (Fsp3) is 0.818. The molecule has 1 aliphatic rings. The van der Waals surface area contributed by atoms with E-state index in [-0.39, 0.29) is 0 Å². The monoisotopic (exact) mass is 231 g/mol. The summed E-state index contributed by atoms with van der Waals surface area (Å²) in [5.74, 6) is 1.13. The lowest BCUT2D eigenvalue weighted by Gasteiger charge is -2.18. The van der Waals surface area contributed by atoms with Crippen molar-refractivity contribution in [1.29, 1.82) is 0 Å². The Morgan fingerprint density at radius 2 is 2.33 bits per heavy atom. The first-order valence-corrected chi connectivity index (χ1v) is 7.38. The van der Waals surface area contributed by atoms with Gasteiger partial charge < -0.3 is 5.32 Å². The summed E-state index contributed by atoms with van der Waals surface area (Å²) >= 11 is 0. The molecule has 1 aliphatic heterocycles. The van der Waals surface area contributed by atoms with Crippen molar-refractivity contribution in [1.82, 2.24) is 5.32 Å². The molecule has 1 fully saturated rings. The maximum absolute atomic E-state index is 11.3. The molecule has 0 amide bonds. The Balaban J connectivity index is 2.36. The van der Waals surface area contributed by atoms with E-state index in [9.17, 15) is 8.42 Å². The van der Waals surface area contributed by atoms with E-state index in [4.69, 9.17) is 0 Å². The molecule has 1 heterocycles. The third-order valence-corrected chi connectivity index (χ3v) is 4.91. The van der Waals surface area contributed by atoms with Crippen LogP contribution in [-0.2, 0) is 9.84 Å². The predicted octanol–water partition coefficient (Wildman–Crippen LogP) is 1.37. The molecule has 0 radical (unpaired) electrons. The van der Waals surface area contributed by atoms with Gasteiger partial charge in [-0.05, 0) is 38.6 Å². The highest BCUT2D eigenvalue weighted by Crippen LogP contribution is 2.24. The van der Waals surface area contributed by atoms with Crippen LogP contribution in [-0.4, -0.2) is 33.0 Å². The average Bonchev–Trinajstić information content (AvgIpc) is 2.52. The third kappa shape index (κ3) is 4.34. The van der Waals surface area contributed by atoms with Crippen LogP contribution in [0.1, 0.15) is 25.7 Å². The number of hydrogen-bond acceptors (Lipinski definition) is 3. The molecule has 1 N–H and O–H groups in total. The summed E-state index contributed by atoms with van der Waals surface area (Å²) in [6, 6.07) is 0.432. The van der Waals surface area contributed by atoms with Gasteiger partial charge in [0.1, 0.15) is 0 Å². The number of sulfone groups is 1. The smallest absolute Gasteiger partial charge is 0.150 e. The molecule has 0 spiro atoms. The van der Waals surface area contributed by atoms with Crippen LogP contribution in [0.15, 0.2) is 12.7 Å². The normalized spacial score (nSPS) is 26.3. The number of hydrogen-bond donors (Lipinski definition) is 1. The van der Waals surface area contributed by atoms with Crippen LogP contribution >= 0.6 is 0 Å². The summed E-state index contributed by atoms with van der Waals surface area (Å²) < 4.78 is 22.6. The first kappa shape index (κ1) is 12.7. The molecule has 0 aliphatic carbocycles. The van der Waals surface area contributed by atoms with Crippen LogP contribution in [0.2, 0.25) is 0 Å². The van der Waals surface area contributed by atoms with E-state index >= 15 is 0 Å². The lowest BCUT2D eigenvalue weighted by molar-refractivity contribution is 0.409. The van der Waals surface area contributed by atoms with Crippen molar-refractivity contribution in [3.05, 3.63) is 12.7 Å². The Bertz CT molecular complexity index is 298. The van der Waals surface area contributed by atoms with Gasteiger partial charge in [-0.15, -0.1) is 6.58 Å². The van der Waals surface area contributed by atoms with Gasteiger partial charge in [-0.3, -0.25) is 0 Å². The van der Waals surface area contributed by atoms with Gasteiger partial charge in [0.15, 0.2) is 9.84 Å². The molecule has 2 atom stereocenters. The van der Waals surface area contributed by atoms with Gasteiger partial charge in [-0.25, -0.2) is 8.42 Å². The highest BCUT2D eigenvalue weighted by atomic mass is 32.2. The summed E-state index contributed by atoms with van der Waals surface area (Å²) in [6.45, 7) is 3.70. The highest BCUT2D eigenvalue weighted by molar-refractivity contribution is 7.91. The molecule has 0 aromatic carbocycles. The van der Waals surface area contributed by atoms with Crippen LogP contribution in [0.4, 0.5) is 0 Å². The summed E-state index contributed by atoms with van der Waals surface area (Å²) in [5, 5.41) is 3.25. The fourth-order valence-corrected chi connectivity index (χ4v) is 4.04. The number of nitrogens with one attached hydrogen (secondary N) is 1. The van der Waals surface area contributed by atoms with Crippen molar-refractivity contribution >= 4 is 9.84 Å². The minimum Gasteiger partial charge on any atom is -0.317 e. The molecule has 0 aromatic heterocycles. The lowest BCUT2D eigenvalue weighted by Crippen LogP contribution is -2.28. The second kappa shape index (κ2) is 5.66. The topological polar surface area (TPSA) is 46.2 Å². The van der Waals surface area contributed by atoms with Gasteiger partial charge in [0, 0.05) is 6.04 Å². The minimum atomic E-state index is -2.72. The van der Waals surface area contributed by atoms with Crippen molar-refractivity contribution < 1.29 is 8.42 Å². The standard InChI is InChI=1S/C11H21NO2S/c1-3-4-5-11(12-2)8-10-6-7-15(13,14)9-10/h3,10-12H,1,4-9H2,2H3. The quantitative estimate of drug-likeness (QED) is 0.702. The lowest BCUT2D eigenvalue weighted by atomic mass is 9.96. The number of allylic oxidation sites excluding steroid dienone is 1. The molecular weight excluding hydrogens is 210 g/mol. The molecule has 0 saturated carbocycles. The Labute approximate surface area is 92.9 Å². The molecular formula is C11H21NO2S. The maximum atomic E-state index is 11.3. The van der Waals surface area contributed by atoms with Gasteiger partial charge in [-0.1, -0.05) is 6.08 Å². The molecule has 2 unspecified atom stereocenters. The Hall–Kier alpha value is -0.350. The molecule has 15 heavy (non-hydrogen) atoms. The Kier molecular flexibility index (Phi) is 4.80. The summed E-state index contributed by atoms with van der Waals surface area (Å²) in [7, 11) is -0.776. The summed E-state index contributed by atoms with van der Waals surface area (Å²) in [4.78, 5) is 0. The second-order valence-electron chi connectivity index (χ2n) is 4.36. The van der Waals surface area contributed by atoms with E-state index in [0.717, 1.165) is 25.7 Å². The molecule has 4 heteroatoms. The van der Waals surface area contributed by atoms with Crippen molar-refractivity contribution in [2.24, 2.45) is 5.92 Å². The zero-order valence-corrected chi connectivity index (χ0v) is 10.2. The van der Waals surface area contributed by atoms with Gasteiger partial charge in [-0.2, -0.15) is 0 Å². The maximum Gasteiger partial charge on any atom is 0.150 e. The molecule has 0 aromatic rings. The van der Waals surface area contributed by atoms with Crippen LogP contribution in [0.25, 0.3) is 0 Å². The van der Waals surface area contributed by atoms with E-state index in [1.54, 1.807) is 0 Å². The third-order valence-electron chi connectivity index (χ3n) is 3.07. The number of rotatable bonds is 6. The van der Waals surface area contributed by atoms with E-state index in [2.05, 4.69) is 11.9 Å². The average molecular weight is 231 g/mol. The van der Waals surface area contributed by atoms with Crippen molar-refractivity contribution in [3.63, 3.8) is 0 Å². The first-order chi connectivity index (χ1) is 7.07. The van der Waals surface area contributed by atoms with Crippen LogP contribution < -0.4 is 5.32 Å². The predicted molar refractivity (Wildman–Crippen MR) is 63.7 cm³/mol. The summed E-state index contributed by atoms with van der Waals surface area (Å²) in [6.07, 6.45) is 5.77. The fourth-order valence-electron chi connectivity index (χ4n) is 2.16. The van der Waals surface area contributed by atoms with E-state index in [1.165, 1.54) is 0 Å². The molecule has 0 bridgehead atoms. The SMILES string of the molecule is C=CCCC(CC1CCS(=O)(=O)C1)NC. The zero-order valence-electron chi connectivity index (χ0n) is 9.41. The first-order valence-electron chi connectivity index (χ1n) is 5.56. The Morgan fingerprint density at radius 3 is 2.80 bits per heavy atom. The van der Waals surface area contributed by atoms with Crippen molar-refractivity contribution in [3.8, 4) is 0 Å². The summed E-state index contributed by atoms with van der Waals surface area (Å²) in [5.41, 5.74) is 0. The Morgan fingerprint density at radius 1 is 1.60 bits per heavy atom. The second-order valence-corrected chi connectivity index (χ2v) is 6.59. The van der Waals surface area contributed by atoms with Crippen LogP contribution in [0, 0.1) is 5.92 Å². The minimum absolute atomic E-state index is 0.359. The largest absolute Gasteiger partial charge is 0.317 e. The molecule has 1 rings (SSSR count). The van der Waals surface area contributed by atoms with Gasteiger partial charge >= 0.3 is 0 Å². The van der Waals surface area contributed by atoms with Gasteiger partial charge in [0.2, 0.25) is 0 Å². The van der Waals surface area contributed by atoms with E-state index in [1.807, 2.05) is 13.1 Å². The van der Waals surface area contributed by atoms with Gasteiger partial charge in [0.05, 0.1) is 11.5 Å². The molecule has 88 valence electrons. The van der Waals surface area contributed by atoms with Crippen molar-refractivity contribution in [2.75, 3.05) is 18.6 Å². The van der Waals surface area contributed by atoms with E-state index in [0.29, 0.717) is 23.5 Å². The van der Waals surface area contributed by atoms with Gasteiger partial charge in [0.25, 0.3) is 0 Å². The zero-order chi connectivity index (χ0) is 11.3.